The maximum atomic E-state index is 13.3. The number of carbonyl (C=O) groups excluding carboxylic acids is 1. The zero-order valence-corrected chi connectivity index (χ0v) is 11.8. The molecule has 2 unspecified atom stereocenters. The second kappa shape index (κ2) is 5.62. The first-order chi connectivity index (χ1) is 9.63. The third-order valence-corrected chi connectivity index (χ3v) is 4.42. The van der Waals surface area contributed by atoms with Gasteiger partial charge in [-0.1, -0.05) is 6.07 Å². The van der Waals surface area contributed by atoms with Gasteiger partial charge >= 0.3 is 0 Å². The second-order valence-corrected chi connectivity index (χ2v) is 5.83. The van der Waals surface area contributed by atoms with E-state index in [9.17, 15) is 9.18 Å². The molecule has 2 aliphatic rings. The SMILES string of the molecule is Cc1ccc(F)cc1CC(=O)C1CN2CCCC2CO1. The summed E-state index contributed by atoms with van der Waals surface area (Å²) in [5.41, 5.74) is 1.72. The number of Topliss-reactive ketones (excluding diaryl/α,β-unsaturated/α-hetero) is 1. The van der Waals surface area contributed by atoms with Crippen LogP contribution < -0.4 is 0 Å². The van der Waals surface area contributed by atoms with Crippen LogP contribution in [0.4, 0.5) is 4.39 Å². The predicted octanol–water partition coefficient (Wildman–Crippen LogP) is 2.11. The van der Waals surface area contributed by atoms with Crippen LogP contribution >= 0.6 is 0 Å². The molecule has 0 aliphatic carbocycles. The molecular weight excluding hydrogens is 257 g/mol. The highest BCUT2D eigenvalue weighted by molar-refractivity contribution is 5.85. The molecule has 2 saturated heterocycles. The number of fused-ring (bicyclic) bond motifs is 1. The lowest BCUT2D eigenvalue weighted by Crippen LogP contribution is -2.49. The Labute approximate surface area is 118 Å². The van der Waals surface area contributed by atoms with Crippen LogP contribution in [0, 0.1) is 12.7 Å². The highest BCUT2D eigenvalue weighted by Gasteiger charge is 2.35. The first kappa shape index (κ1) is 13.7. The number of benzene rings is 1. The highest BCUT2D eigenvalue weighted by atomic mass is 19.1. The molecule has 108 valence electrons. The topological polar surface area (TPSA) is 29.5 Å². The molecule has 2 fully saturated rings. The smallest absolute Gasteiger partial charge is 0.167 e. The van der Waals surface area contributed by atoms with E-state index in [1.807, 2.05) is 6.92 Å². The molecule has 0 saturated carbocycles. The molecule has 0 bridgehead atoms. The third-order valence-electron chi connectivity index (χ3n) is 4.42. The van der Waals surface area contributed by atoms with Crippen molar-refractivity contribution < 1.29 is 13.9 Å². The fourth-order valence-corrected chi connectivity index (χ4v) is 3.14. The lowest BCUT2D eigenvalue weighted by molar-refractivity contribution is -0.137. The number of nitrogens with zero attached hydrogens (tertiary/aromatic N) is 1. The van der Waals surface area contributed by atoms with Gasteiger partial charge in [0.05, 0.1) is 6.61 Å². The summed E-state index contributed by atoms with van der Waals surface area (Å²) in [5, 5.41) is 0. The maximum Gasteiger partial charge on any atom is 0.167 e. The fourth-order valence-electron chi connectivity index (χ4n) is 3.14. The highest BCUT2D eigenvalue weighted by Crippen LogP contribution is 2.23. The van der Waals surface area contributed by atoms with Gasteiger partial charge in [-0.3, -0.25) is 9.69 Å². The van der Waals surface area contributed by atoms with Crippen LogP contribution in [0.3, 0.4) is 0 Å². The van der Waals surface area contributed by atoms with E-state index in [4.69, 9.17) is 4.74 Å². The Morgan fingerprint density at radius 3 is 3.20 bits per heavy atom. The quantitative estimate of drug-likeness (QED) is 0.847. The van der Waals surface area contributed by atoms with Crippen molar-refractivity contribution in [2.75, 3.05) is 19.7 Å². The van der Waals surface area contributed by atoms with Gasteiger partial charge in [0.2, 0.25) is 0 Å². The van der Waals surface area contributed by atoms with Crippen molar-refractivity contribution >= 4 is 5.78 Å². The molecule has 2 aliphatic heterocycles. The zero-order chi connectivity index (χ0) is 14.1. The van der Waals surface area contributed by atoms with Crippen molar-refractivity contribution in [3.63, 3.8) is 0 Å². The van der Waals surface area contributed by atoms with Gasteiger partial charge in [0.1, 0.15) is 11.9 Å². The van der Waals surface area contributed by atoms with Crippen LogP contribution in [0.15, 0.2) is 18.2 Å². The van der Waals surface area contributed by atoms with Crippen LogP contribution in [-0.2, 0) is 16.0 Å². The zero-order valence-electron chi connectivity index (χ0n) is 11.8. The van der Waals surface area contributed by atoms with Crippen molar-refractivity contribution in [1.29, 1.82) is 0 Å². The normalized spacial score (nSPS) is 26.5. The summed E-state index contributed by atoms with van der Waals surface area (Å²) < 4.78 is 19.0. The number of morpholine rings is 1. The van der Waals surface area contributed by atoms with Crippen LogP contribution in [0.1, 0.15) is 24.0 Å². The number of aryl methyl sites for hydroxylation is 1. The second-order valence-electron chi connectivity index (χ2n) is 5.83. The van der Waals surface area contributed by atoms with Gasteiger partial charge < -0.3 is 4.74 Å². The fraction of sp³-hybridized carbons (Fsp3) is 0.562. The van der Waals surface area contributed by atoms with Gasteiger partial charge in [-0.2, -0.15) is 0 Å². The monoisotopic (exact) mass is 277 g/mol. The van der Waals surface area contributed by atoms with Crippen molar-refractivity contribution in [3.8, 4) is 0 Å². The summed E-state index contributed by atoms with van der Waals surface area (Å²) in [5.74, 6) is -0.230. The number of hydrogen-bond acceptors (Lipinski definition) is 3. The van der Waals surface area contributed by atoms with E-state index in [1.165, 1.54) is 25.0 Å². The molecule has 0 amide bonds. The Bertz CT molecular complexity index is 517. The largest absolute Gasteiger partial charge is 0.367 e. The van der Waals surface area contributed by atoms with Crippen molar-refractivity contribution in [2.24, 2.45) is 0 Å². The Balaban J connectivity index is 1.65. The Hall–Kier alpha value is -1.26. The standard InChI is InChI=1S/C16H20FNO2/c1-11-4-5-13(17)7-12(11)8-15(19)16-9-18-6-2-3-14(18)10-20-16/h4-5,7,14,16H,2-3,6,8-10H2,1H3. The van der Waals surface area contributed by atoms with Crippen LogP contribution in [0.25, 0.3) is 0 Å². The molecule has 4 heteroatoms. The molecule has 2 atom stereocenters. The van der Waals surface area contributed by atoms with Crippen molar-refractivity contribution in [2.45, 2.75) is 38.3 Å². The molecular formula is C16H20FNO2. The van der Waals surface area contributed by atoms with E-state index < -0.39 is 0 Å². The minimum atomic E-state index is -0.355. The summed E-state index contributed by atoms with van der Waals surface area (Å²) >= 11 is 0. The van der Waals surface area contributed by atoms with Gasteiger partial charge in [0, 0.05) is 19.0 Å². The molecule has 1 aromatic carbocycles. The summed E-state index contributed by atoms with van der Waals surface area (Å²) in [7, 11) is 0. The molecule has 2 heterocycles. The summed E-state index contributed by atoms with van der Waals surface area (Å²) in [4.78, 5) is 14.7. The van der Waals surface area contributed by atoms with Gasteiger partial charge in [-0.15, -0.1) is 0 Å². The first-order valence-electron chi connectivity index (χ1n) is 7.27. The third kappa shape index (κ3) is 2.76. The molecule has 0 aromatic heterocycles. The van der Waals surface area contributed by atoms with Crippen LogP contribution in [-0.4, -0.2) is 42.5 Å². The van der Waals surface area contributed by atoms with Gasteiger partial charge in [0.25, 0.3) is 0 Å². The van der Waals surface area contributed by atoms with Gasteiger partial charge in [-0.25, -0.2) is 4.39 Å². The summed E-state index contributed by atoms with van der Waals surface area (Å²) in [6, 6.07) is 5.09. The van der Waals surface area contributed by atoms with Gasteiger partial charge in [-0.05, 0) is 49.6 Å². The van der Waals surface area contributed by atoms with E-state index in [2.05, 4.69) is 4.90 Å². The van der Waals surface area contributed by atoms with E-state index in [-0.39, 0.29) is 24.1 Å². The Kier molecular flexibility index (Phi) is 3.85. The predicted molar refractivity (Wildman–Crippen MR) is 74.2 cm³/mol. The Morgan fingerprint density at radius 2 is 2.35 bits per heavy atom. The summed E-state index contributed by atoms with van der Waals surface area (Å²) in [6.45, 7) is 4.31. The number of halogens is 1. The molecule has 0 spiro atoms. The average molecular weight is 277 g/mol. The molecule has 3 nitrogen and oxygen atoms in total. The molecule has 0 radical (unpaired) electrons. The number of rotatable bonds is 3. The van der Waals surface area contributed by atoms with E-state index in [0.717, 1.165) is 17.7 Å². The number of hydrogen-bond donors (Lipinski definition) is 0. The van der Waals surface area contributed by atoms with Crippen LogP contribution in [0.5, 0.6) is 0 Å². The molecule has 20 heavy (non-hydrogen) atoms. The van der Waals surface area contributed by atoms with Crippen molar-refractivity contribution in [1.82, 2.24) is 4.90 Å². The summed E-state index contributed by atoms with van der Waals surface area (Å²) in [6.07, 6.45) is 2.27. The minimum Gasteiger partial charge on any atom is -0.367 e. The van der Waals surface area contributed by atoms with Crippen LogP contribution in [0.2, 0.25) is 0 Å². The number of ketones is 1. The van der Waals surface area contributed by atoms with E-state index >= 15 is 0 Å². The first-order valence-corrected chi connectivity index (χ1v) is 7.27. The van der Waals surface area contributed by atoms with E-state index in [1.54, 1.807) is 6.07 Å². The molecule has 0 N–H and O–H groups in total. The Morgan fingerprint density at radius 1 is 1.50 bits per heavy atom. The molecule has 3 rings (SSSR count). The van der Waals surface area contributed by atoms with Gasteiger partial charge in [0.15, 0.2) is 5.78 Å². The van der Waals surface area contributed by atoms with E-state index in [0.29, 0.717) is 19.2 Å². The minimum absolute atomic E-state index is 0.0593. The maximum absolute atomic E-state index is 13.3. The lowest BCUT2D eigenvalue weighted by atomic mass is 9.99. The number of carbonyl (C=O) groups is 1. The molecule has 1 aromatic rings. The average Bonchev–Trinajstić information content (AvgIpc) is 2.90. The van der Waals surface area contributed by atoms with Crippen molar-refractivity contribution in [3.05, 3.63) is 35.1 Å². The number of ether oxygens (including phenoxy) is 1. The lowest BCUT2D eigenvalue weighted by Gasteiger charge is -2.34.